The van der Waals surface area contributed by atoms with Gasteiger partial charge in [-0.15, -0.1) is 0 Å². The number of carbonyl (C=O) groups is 1. The Hall–Kier alpha value is 1.29. The van der Waals surface area contributed by atoms with E-state index >= 15 is 0 Å². The molecule has 6 aliphatic heterocycles. The molecule has 502 valence electrons. The van der Waals surface area contributed by atoms with Crippen LogP contribution in [-0.2, 0) is 114 Å². The lowest BCUT2D eigenvalue weighted by molar-refractivity contribution is -0.139. The monoisotopic (exact) mass is 1460 g/mol. The van der Waals surface area contributed by atoms with Crippen LogP contribution in [0.1, 0.15) is 32.6 Å². The summed E-state index contributed by atoms with van der Waals surface area (Å²) in [7, 11) is -18.0. The largest absolute Gasteiger partial charge is 0.500 e. The SMILES string of the molecule is C=C(C)C(=O)OCCC[Si](OC)(OC)OC.CO[Si](CC[Si]1(C)O[SiH](C)O[Si](C)(CCCOCC2CO2)O[SiH](C)O1)(OC)OC.C[SiH]1O[SiH](C)O[Si](C)(CCCOCC2CO2)O[SiH](C)O1.C[SiH]1O[SiH](C)O[Si](C)(CCCOCC2CO2)O[SiH](C)O1. The molecule has 0 aromatic rings. The normalized spacial score (nSPS) is 34.1. The zero-order valence-electron chi connectivity index (χ0n) is 54.8. The highest BCUT2D eigenvalue weighted by Crippen LogP contribution is 2.31. The molecule has 0 aromatic carbocycles. The lowest BCUT2D eigenvalue weighted by Crippen LogP contribution is -2.58. The van der Waals surface area contributed by atoms with Gasteiger partial charge in [0.05, 0.1) is 46.2 Å². The number of carbonyl (C=O) groups excluding carboxylic acids is 1. The number of hydrogen-bond acceptors (Lipinski definition) is 26. The molecule has 0 bridgehead atoms. The summed E-state index contributed by atoms with van der Waals surface area (Å²) in [4.78, 5) is 11.1. The Balaban J connectivity index is 0.000000304. The minimum Gasteiger partial charge on any atom is -0.462 e. The fraction of sp³-hybridized carbons (Fsp3) is 0.933. The summed E-state index contributed by atoms with van der Waals surface area (Å²) in [5, 5.41) is 0. The van der Waals surface area contributed by atoms with Crippen LogP contribution >= 0.6 is 0 Å². The third-order valence-electron chi connectivity index (χ3n) is 13.7. The summed E-state index contributed by atoms with van der Waals surface area (Å²) in [5.74, 6) is -0.375. The number of ether oxygens (including phenoxy) is 7. The summed E-state index contributed by atoms with van der Waals surface area (Å²) in [5.41, 5.74) is 0.397. The van der Waals surface area contributed by atoms with Crippen LogP contribution in [0.4, 0.5) is 0 Å². The van der Waals surface area contributed by atoms with E-state index in [-0.39, 0.29) is 5.97 Å². The molecule has 6 rings (SSSR count). The lowest BCUT2D eigenvalue weighted by Gasteiger charge is -2.42. The molecule has 9 atom stereocenters. The number of esters is 1. The van der Waals surface area contributed by atoms with Crippen LogP contribution in [0, 0.1) is 0 Å². The molecule has 6 fully saturated rings. The van der Waals surface area contributed by atoms with Crippen molar-refractivity contribution in [3.63, 3.8) is 0 Å². The molecule has 6 aliphatic rings. The minimum atomic E-state index is -2.67. The second kappa shape index (κ2) is 41.2. The van der Waals surface area contributed by atoms with E-state index in [0.717, 1.165) is 76.5 Å². The van der Waals surface area contributed by atoms with Gasteiger partial charge in [-0.3, -0.25) is 0 Å². The highest BCUT2D eigenvalue weighted by molar-refractivity contribution is 6.86. The second-order valence-corrected chi connectivity index (χ2v) is 60.3. The van der Waals surface area contributed by atoms with Gasteiger partial charge in [0.2, 0.25) is 0 Å². The summed E-state index contributed by atoms with van der Waals surface area (Å²) in [6.07, 6.45) is 4.46. The maximum absolute atomic E-state index is 11.1. The standard InChI is InChI=1S/C15H38O9Si5.2C10H26O6Si4.C10H20O5Si/c1-16-29(17-2,18-3)12-11-28(7)23-25(4)21-27(6,22-26(5)24-28)10-8-9-19-13-15-14-20-15;2*1-17-13-18(2)15-20(4,16-19(3)14-17)7-5-6-11-8-10-9-12-10;1-9(2)10(11)15-7-6-8-16(12-3,13-4)14-5/h15,25-26H,8-14H2,1-7H3;2*10,17-19H,5-9H2,1-4H3;1,6-8H2,2-5H3. The Morgan fingerprint density at radius 3 is 0.965 bits per heavy atom. The van der Waals surface area contributed by atoms with E-state index < -0.39 is 126 Å². The van der Waals surface area contributed by atoms with Crippen molar-refractivity contribution in [1.29, 1.82) is 0 Å². The van der Waals surface area contributed by atoms with Crippen LogP contribution in [0.2, 0.25) is 115 Å². The van der Waals surface area contributed by atoms with Gasteiger partial charge in [-0.1, -0.05) is 6.58 Å². The molecule has 0 aromatic heterocycles. The van der Waals surface area contributed by atoms with Gasteiger partial charge in [-0.25, -0.2) is 4.79 Å². The van der Waals surface area contributed by atoms with Gasteiger partial charge in [0, 0.05) is 80.1 Å². The molecule has 26 nitrogen and oxygen atoms in total. The van der Waals surface area contributed by atoms with E-state index in [0.29, 0.717) is 75.4 Å². The Kier molecular flexibility index (Phi) is 39.0. The number of hydrogen-bond donors (Lipinski definition) is 0. The zero-order chi connectivity index (χ0) is 63.3. The predicted octanol–water partition coefficient (Wildman–Crippen LogP) is 3.96. The first-order chi connectivity index (χ1) is 40.1. The van der Waals surface area contributed by atoms with Crippen LogP contribution in [0.15, 0.2) is 12.2 Å². The Morgan fingerprint density at radius 2 is 0.694 bits per heavy atom. The first-order valence-corrected chi connectivity index (χ1v) is 60.6. The molecule has 0 spiro atoms. The smallest absolute Gasteiger partial charge is 0.462 e. The van der Waals surface area contributed by atoms with Gasteiger partial charge in [0.25, 0.3) is 55.7 Å². The molecule has 0 aliphatic carbocycles. The topological polar surface area (TPSA) is 258 Å². The predicted molar refractivity (Wildman–Crippen MR) is 352 cm³/mol. The molecule has 0 saturated carbocycles. The van der Waals surface area contributed by atoms with Crippen LogP contribution in [0.3, 0.4) is 0 Å². The van der Waals surface area contributed by atoms with Crippen molar-refractivity contribution in [2.45, 2.75) is 166 Å². The summed E-state index contributed by atoms with van der Waals surface area (Å²) in [6.45, 7) is 37.2. The van der Waals surface area contributed by atoms with Gasteiger partial charge < -0.3 is 109 Å². The van der Waals surface area contributed by atoms with E-state index in [2.05, 4.69) is 85.1 Å². The third-order valence-corrected chi connectivity index (χ3v) is 63.5. The zero-order valence-corrected chi connectivity index (χ0v) is 70.1. The molecular formula is C45H110O26Si14. The van der Waals surface area contributed by atoms with E-state index in [1.165, 1.54) is 0 Å². The van der Waals surface area contributed by atoms with Crippen LogP contribution < -0.4 is 0 Å². The van der Waals surface area contributed by atoms with E-state index in [4.69, 9.17) is 109 Å². The van der Waals surface area contributed by atoms with Crippen molar-refractivity contribution in [3.05, 3.63) is 12.2 Å². The second-order valence-electron chi connectivity index (χ2n) is 22.1. The average molecular weight is 1460 g/mol. The number of epoxide rings is 3. The van der Waals surface area contributed by atoms with Gasteiger partial charge in [0.1, 0.15) is 18.3 Å². The first kappa shape index (κ1) is 80.5. The average Bonchev–Trinajstić information content (AvgIpc) is 4.21. The van der Waals surface area contributed by atoms with Crippen molar-refractivity contribution in [1.82, 2.24) is 0 Å². The van der Waals surface area contributed by atoms with Crippen molar-refractivity contribution in [2.24, 2.45) is 0 Å². The van der Waals surface area contributed by atoms with Crippen molar-refractivity contribution >= 4 is 132 Å². The molecule has 0 N–H and O–H groups in total. The maximum Gasteiger partial charge on any atom is 0.500 e. The highest BCUT2D eigenvalue weighted by Gasteiger charge is 2.49. The molecule has 40 heteroatoms. The van der Waals surface area contributed by atoms with E-state index in [1.54, 1.807) is 49.6 Å². The Morgan fingerprint density at radius 1 is 0.424 bits per heavy atom. The van der Waals surface area contributed by atoms with Crippen molar-refractivity contribution in [3.8, 4) is 0 Å². The Bertz CT molecular complexity index is 1720. The van der Waals surface area contributed by atoms with Crippen LogP contribution in [-0.4, -0.2) is 259 Å². The Labute approximate surface area is 529 Å². The third kappa shape index (κ3) is 34.9. The van der Waals surface area contributed by atoms with E-state index in [1.807, 2.05) is 0 Å². The van der Waals surface area contributed by atoms with E-state index in [9.17, 15) is 4.79 Å². The summed E-state index contributed by atoms with van der Waals surface area (Å²) in [6, 6.07) is 4.75. The molecule has 6 saturated heterocycles. The highest BCUT2D eigenvalue weighted by atomic mass is 28.5. The van der Waals surface area contributed by atoms with Crippen molar-refractivity contribution < 1.29 is 114 Å². The maximum atomic E-state index is 11.1. The first-order valence-electron chi connectivity index (χ1n) is 29.9. The molecule has 9 unspecified atom stereocenters. The molecule has 6 heterocycles. The number of rotatable bonds is 32. The fourth-order valence-corrected chi connectivity index (χ4v) is 61.2. The van der Waals surface area contributed by atoms with Gasteiger partial charge in [-0.05, 0) is 135 Å². The van der Waals surface area contributed by atoms with Gasteiger partial charge >= 0.3 is 76.4 Å². The van der Waals surface area contributed by atoms with Crippen LogP contribution in [0.25, 0.3) is 0 Å². The lowest BCUT2D eigenvalue weighted by atomic mass is 10.4. The summed E-state index contributed by atoms with van der Waals surface area (Å²) < 4.78 is 144. The van der Waals surface area contributed by atoms with Gasteiger partial charge in [0.15, 0.2) is 0 Å². The molecular weight excluding hydrogens is 1350 g/mol. The van der Waals surface area contributed by atoms with Crippen molar-refractivity contribution in [2.75, 3.05) is 109 Å². The van der Waals surface area contributed by atoms with Gasteiger partial charge in [-0.2, -0.15) is 0 Å². The molecule has 0 amide bonds. The minimum absolute atomic E-state index is 0.303. The summed E-state index contributed by atoms with van der Waals surface area (Å²) >= 11 is 0. The fourth-order valence-electron chi connectivity index (χ4n) is 9.39. The van der Waals surface area contributed by atoms with Crippen LogP contribution in [0.5, 0.6) is 0 Å². The molecule has 85 heavy (non-hydrogen) atoms. The quantitative estimate of drug-likeness (QED) is 0.0304. The molecule has 0 radical (unpaired) electrons.